The molecule has 0 spiro atoms. The number of hydrogen-bond donors (Lipinski definition) is 2. The van der Waals surface area contributed by atoms with Crippen LogP contribution in [-0.4, -0.2) is 37.5 Å². The predicted octanol–water partition coefficient (Wildman–Crippen LogP) is 4.60. The third-order valence-corrected chi connectivity index (χ3v) is 5.37. The van der Waals surface area contributed by atoms with E-state index in [2.05, 4.69) is 48.2 Å². The van der Waals surface area contributed by atoms with Crippen LogP contribution in [0.5, 0.6) is 11.6 Å². The molecule has 0 atom stereocenters. The molecule has 0 saturated carbocycles. The van der Waals surface area contributed by atoms with Gasteiger partial charge in [-0.1, -0.05) is 6.07 Å². The number of aromatic hydroxyl groups is 1. The van der Waals surface area contributed by atoms with E-state index in [4.69, 9.17) is 4.74 Å². The molecule has 4 rings (SSSR count). The number of ether oxygens (including phenoxy) is 1. The highest BCUT2D eigenvalue weighted by atomic mass is 16.5. The number of nitrogens with zero attached hydrogens (tertiary/aromatic N) is 3. The van der Waals surface area contributed by atoms with Gasteiger partial charge in [0.15, 0.2) is 0 Å². The number of phenols is 1. The highest BCUT2D eigenvalue weighted by Gasteiger charge is 2.38. The second-order valence-electron chi connectivity index (χ2n) is 9.27. The fraction of sp³-hybridized carbons (Fsp3) is 0.375. The number of aromatic nitrogens is 3. The van der Waals surface area contributed by atoms with E-state index in [9.17, 15) is 5.11 Å². The normalized spacial score (nSPS) is 18.1. The second kappa shape index (κ2) is 7.69. The Morgan fingerprint density at radius 3 is 2.23 bits per heavy atom. The fourth-order valence-electron chi connectivity index (χ4n) is 4.47. The van der Waals surface area contributed by atoms with Gasteiger partial charge in [-0.05, 0) is 69.2 Å². The highest BCUT2D eigenvalue weighted by Crippen LogP contribution is 2.34. The molecular formula is C24H28N4O2. The molecule has 0 unspecified atom stereocenters. The van der Waals surface area contributed by atoms with E-state index in [1.165, 1.54) is 0 Å². The summed E-state index contributed by atoms with van der Waals surface area (Å²) in [6.45, 7) is 8.77. The van der Waals surface area contributed by atoms with Gasteiger partial charge in [0.2, 0.25) is 5.88 Å². The van der Waals surface area contributed by atoms with Crippen LogP contribution < -0.4 is 10.1 Å². The summed E-state index contributed by atoms with van der Waals surface area (Å²) >= 11 is 0. The average Bonchev–Trinajstić information content (AvgIpc) is 2.67. The Bertz CT molecular complexity index is 1000. The summed E-state index contributed by atoms with van der Waals surface area (Å²) in [6, 6.07) is 13.0. The summed E-state index contributed by atoms with van der Waals surface area (Å²) in [6.07, 6.45) is 5.36. The van der Waals surface area contributed by atoms with Gasteiger partial charge in [0, 0.05) is 47.9 Å². The quantitative estimate of drug-likeness (QED) is 0.662. The van der Waals surface area contributed by atoms with Crippen LogP contribution in [0.15, 0.2) is 54.9 Å². The van der Waals surface area contributed by atoms with E-state index < -0.39 is 0 Å². The van der Waals surface area contributed by atoms with Crippen LogP contribution in [0.3, 0.4) is 0 Å². The predicted molar refractivity (Wildman–Crippen MR) is 117 cm³/mol. The molecule has 30 heavy (non-hydrogen) atoms. The van der Waals surface area contributed by atoms with Crippen LogP contribution in [0.2, 0.25) is 0 Å². The first-order valence-electron chi connectivity index (χ1n) is 10.2. The Labute approximate surface area is 177 Å². The molecule has 1 fully saturated rings. The van der Waals surface area contributed by atoms with Gasteiger partial charge in [0.1, 0.15) is 11.9 Å². The van der Waals surface area contributed by atoms with Crippen molar-refractivity contribution in [2.75, 3.05) is 0 Å². The van der Waals surface area contributed by atoms with Crippen molar-refractivity contribution in [2.45, 2.75) is 57.7 Å². The molecule has 3 aromatic rings. The summed E-state index contributed by atoms with van der Waals surface area (Å²) in [5.74, 6) is 0.666. The van der Waals surface area contributed by atoms with Crippen molar-refractivity contribution >= 4 is 0 Å². The molecule has 3 heterocycles. The van der Waals surface area contributed by atoms with Crippen molar-refractivity contribution in [3.05, 3.63) is 54.9 Å². The molecule has 2 N–H and O–H groups in total. The Morgan fingerprint density at radius 1 is 0.900 bits per heavy atom. The molecule has 0 aliphatic carbocycles. The van der Waals surface area contributed by atoms with E-state index in [1.807, 2.05) is 36.4 Å². The van der Waals surface area contributed by atoms with E-state index >= 15 is 0 Å². The molecule has 156 valence electrons. The summed E-state index contributed by atoms with van der Waals surface area (Å²) in [4.78, 5) is 4.05. The molecule has 2 aromatic heterocycles. The summed E-state index contributed by atoms with van der Waals surface area (Å²) in [7, 11) is 0. The third kappa shape index (κ3) is 4.60. The Kier molecular flexibility index (Phi) is 5.20. The molecule has 0 radical (unpaired) electrons. The highest BCUT2D eigenvalue weighted by molar-refractivity contribution is 5.75. The second-order valence-corrected chi connectivity index (χ2v) is 9.27. The van der Waals surface area contributed by atoms with Crippen molar-refractivity contribution in [2.24, 2.45) is 0 Å². The van der Waals surface area contributed by atoms with Gasteiger partial charge < -0.3 is 15.2 Å². The maximum absolute atomic E-state index is 10.4. The monoisotopic (exact) mass is 404 g/mol. The largest absolute Gasteiger partial charge is 0.507 e. The summed E-state index contributed by atoms with van der Waals surface area (Å²) in [5, 5.41) is 22.6. The van der Waals surface area contributed by atoms with Gasteiger partial charge in [-0.25, -0.2) is 0 Å². The third-order valence-electron chi connectivity index (χ3n) is 5.37. The minimum absolute atomic E-state index is 0.00102. The molecule has 1 aliphatic rings. The van der Waals surface area contributed by atoms with E-state index in [-0.39, 0.29) is 22.9 Å². The van der Waals surface area contributed by atoms with Crippen molar-refractivity contribution in [3.63, 3.8) is 0 Å². The molecule has 0 bridgehead atoms. The Balaban J connectivity index is 1.54. The molecule has 1 aromatic carbocycles. The van der Waals surface area contributed by atoms with Gasteiger partial charge in [0.25, 0.3) is 0 Å². The van der Waals surface area contributed by atoms with Crippen LogP contribution in [-0.2, 0) is 0 Å². The zero-order valence-corrected chi connectivity index (χ0v) is 17.9. The van der Waals surface area contributed by atoms with Gasteiger partial charge in [-0.2, -0.15) is 0 Å². The Hall–Kier alpha value is -2.99. The molecule has 0 amide bonds. The van der Waals surface area contributed by atoms with Crippen LogP contribution in [0.1, 0.15) is 40.5 Å². The standard InChI is InChI=1S/C24H28N4O2/c1-23(2)14-18(15-24(3,4)28-23)30-22-8-6-20(26-27-22)19-13-17(5-7-21(19)29)16-9-11-25-12-10-16/h5-13,18,28-29H,14-15H2,1-4H3. The lowest BCUT2D eigenvalue weighted by Gasteiger charge is -2.46. The molecule has 6 nitrogen and oxygen atoms in total. The van der Waals surface area contributed by atoms with Crippen LogP contribution in [0.25, 0.3) is 22.4 Å². The number of pyridine rings is 1. The Morgan fingerprint density at radius 2 is 1.60 bits per heavy atom. The summed E-state index contributed by atoms with van der Waals surface area (Å²) in [5.41, 5.74) is 3.23. The average molecular weight is 405 g/mol. The van der Waals surface area contributed by atoms with Crippen molar-refractivity contribution in [1.29, 1.82) is 0 Å². The summed E-state index contributed by atoms with van der Waals surface area (Å²) < 4.78 is 6.16. The zero-order valence-electron chi connectivity index (χ0n) is 17.9. The zero-order chi connectivity index (χ0) is 21.4. The van der Waals surface area contributed by atoms with Gasteiger partial charge in [-0.15, -0.1) is 10.2 Å². The van der Waals surface area contributed by atoms with Gasteiger partial charge >= 0.3 is 0 Å². The first-order valence-corrected chi connectivity index (χ1v) is 10.2. The minimum Gasteiger partial charge on any atom is -0.507 e. The lowest BCUT2D eigenvalue weighted by Crippen LogP contribution is -2.60. The van der Waals surface area contributed by atoms with E-state index in [1.54, 1.807) is 18.5 Å². The first-order chi connectivity index (χ1) is 14.2. The smallest absolute Gasteiger partial charge is 0.233 e. The van der Waals surface area contributed by atoms with Crippen molar-refractivity contribution in [3.8, 4) is 34.0 Å². The van der Waals surface area contributed by atoms with Crippen molar-refractivity contribution in [1.82, 2.24) is 20.5 Å². The van der Waals surface area contributed by atoms with Crippen LogP contribution in [0, 0.1) is 0 Å². The number of phenolic OH excluding ortho intramolecular Hbond substituents is 1. The topological polar surface area (TPSA) is 80.2 Å². The minimum atomic E-state index is -0.00102. The van der Waals surface area contributed by atoms with Crippen LogP contribution in [0.4, 0.5) is 0 Å². The molecule has 1 aliphatic heterocycles. The molecule has 1 saturated heterocycles. The lowest BCUT2D eigenvalue weighted by atomic mass is 9.81. The van der Waals surface area contributed by atoms with Gasteiger partial charge in [-0.3, -0.25) is 4.98 Å². The lowest BCUT2D eigenvalue weighted by molar-refractivity contribution is 0.0524. The number of hydrogen-bond acceptors (Lipinski definition) is 6. The van der Waals surface area contributed by atoms with Crippen molar-refractivity contribution < 1.29 is 9.84 Å². The molecule has 6 heteroatoms. The number of piperidine rings is 1. The first kappa shape index (κ1) is 20.3. The number of nitrogens with one attached hydrogen (secondary N) is 1. The van der Waals surface area contributed by atoms with E-state index in [0.29, 0.717) is 17.1 Å². The maximum Gasteiger partial charge on any atom is 0.233 e. The van der Waals surface area contributed by atoms with Gasteiger partial charge in [0.05, 0.1) is 5.69 Å². The van der Waals surface area contributed by atoms with E-state index in [0.717, 1.165) is 24.0 Å². The van der Waals surface area contributed by atoms with Crippen LogP contribution >= 0.6 is 0 Å². The molecular weight excluding hydrogens is 376 g/mol. The SMILES string of the molecule is CC1(C)CC(Oc2ccc(-c3cc(-c4ccncc4)ccc3O)nn2)CC(C)(C)N1. The number of rotatable bonds is 4. The fourth-order valence-corrected chi connectivity index (χ4v) is 4.47. The maximum atomic E-state index is 10.4. The number of benzene rings is 1.